The van der Waals surface area contributed by atoms with Crippen molar-refractivity contribution < 1.29 is 9.84 Å². The van der Waals surface area contributed by atoms with E-state index in [4.69, 9.17) is 9.84 Å². The Morgan fingerprint density at radius 3 is 2.50 bits per heavy atom. The summed E-state index contributed by atoms with van der Waals surface area (Å²) in [5.41, 5.74) is 0.161. The van der Waals surface area contributed by atoms with E-state index in [0.29, 0.717) is 5.92 Å². The van der Waals surface area contributed by atoms with Gasteiger partial charge >= 0.3 is 0 Å². The van der Waals surface area contributed by atoms with Crippen molar-refractivity contribution in [2.24, 2.45) is 11.3 Å². The van der Waals surface area contributed by atoms with Gasteiger partial charge < -0.3 is 9.84 Å². The normalized spacial score (nSPS) is 32.0. The Bertz CT molecular complexity index is 137. The van der Waals surface area contributed by atoms with Gasteiger partial charge in [-0.15, -0.1) is 0 Å². The second kappa shape index (κ2) is 3.75. The Kier molecular flexibility index (Phi) is 3.13. The van der Waals surface area contributed by atoms with Gasteiger partial charge in [0.15, 0.2) is 0 Å². The topological polar surface area (TPSA) is 29.5 Å². The van der Waals surface area contributed by atoms with Gasteiger partial charge in [-0.2, -0.15) is 0 Å². The summed E-state index contributed by atoms with van der Waals surface area (Å²) in [4.78, 5) is 0. The molecular formula is C10H20O2. The maximum Gasteiger partial charge on any atom is 0.0673 e. The molecule has 1 saturated heterocycles. The molecule has 1 rings (SSSR count). The highest BCUT2D eigenvalue weighted by Gasteiger charge is 2.34. The van der Waals surface area contributed by atoms with Crippen LogP contribution in [-0.2, 0) is 4.74 Å². The van der Waals surface area contributed by atoms with Crippen LogP contribution in [0.2, 0.25) is 0 Å². The zero-order chi connectivity index (χ0) is 9.19. The first kappa shape index (κ1) is 10.0. The van der Waals surface area contributed by atoms with Crippen LogP contribution in [0, 0.1) is 11.3 Å². The van der Waals surface area contributed by atoms with Crippen LogP contribution in [0.15, 0.2) is 0 Å². The highest BCUT2D eigenvalue weighted by Crippen LogP contribution is 2.33. The molecule has 0 amide bonds. The zero-order valence-corrected chi connectivity index (χ0v) is 8.34. The third-order valence-corrected chi connectivity index (χ3v) is 2.53. The van der Waals surface area contributed by atoms with Gasteiger partial charge in [0.05, 0.1) is 6.10 Å². The van der Waals surface area contributed by atoms with Crippen LogP contribution in [0.25, 0.3) is 0 Å². The molecule has 12 heavy (non-hydrogen) atoms. The molecule has 1 fully saturated rings. The number of hydrogen-bond acceptors (Lipinski definition) is 2. The van der Waals surface area contributed by atoms with Gasteiger partial charge in [0.2, 0.25) is 0 Å². The van der Waals surface area contributed by atoms with Gasteiger partial charge in [-0.05, 0) is 18.3 Å². The highest BCUT2D eigenvalue weighted by molar-refractivity contribution is 4.83. The molecule has 1 aliphatic rings. The molecule has 2 atom stereocenters. The molecule has 0 aromatic heterocycles. The summed E-state index contributed by atoms with van der Waals surface area (Å²) in [6, 6.07) is 0. The van der Waals surface area contributed by atoms with Crippen LogP contribution in [-0.4, -0.2) is 24.4 Å². The minimum Gasteiger partial charge on any atom is -0.396 e. The van der Waals surface area contributed by atoms with Crippen molar-refractivity contribution in [2.75, 3.05) is 13.2 Å². The predicted octanol–water partition coefficient (Wildman–Crippen LogP) is 1.82. The first-order valence-electron chi connectivity index (χ1n) is 4.78. The lowest BCUT2D eigenvalue weighted by atomic mass is 9.78. The van der Waals surface area contributed by atoms with Crippen LogP contribution in [0.3, 0.4) is 0 Å². The lowest BCUT2D eigenvalue weighted by molar-refractivity contribution is -0.0975. The standard InChI is InChI=1S/C10H20O2/c1-10(2,3)9-8(7-11)5-4-6-12-9/h8-9,11H,4-7H2,1-3H3. The third kappa shape index (κ3) is 2.20. The Hall–Kier alpha value is -0.0800. The van der Waals surface area contributed by atoms with Gasteiger partial charge in [-0.1, -0.05) is 20.8 Å². The van der Waals surface area contributed by atoms with Crippen LogP contribution in [0.4, 0.5) is 0 Å². The second-order valence-corrected chi connectivity index (χ2v) is 4.74. The fraction of sp³-hybridized carbons (Fsp3) is 1.00. The summed E-state index contributed by atoms with van der Waals surface area (Å²) in [6.07, 6.45) is 2.44. The van der Waals surface area contributed by atoms with Gasteiger partial charge in [0.25, 0.3) is 0 Å². The van der Waals surface area contributed by atoms with Crippen molar-refractivity contribution in [3.63, 3.8) is 0 Å². The average Bonchev–Trinajstić information content (AvgIpc) is 2.03. The van der Waals surface area contributed by atoms with E-state index in [9.17, 15) is 0 Å². The zero-order valence-electron chi connectivity index (χ0n) is 8.34. The van der Waals surface area contributed by atoms with Crippen molar-refractivity contribution in [3.8, 4) is 0 Å². The molecule has 1 aliphatic heterocycles. The Labute approximate surface area is 74.9 Å². The lowest BCUT2D eigenvalue weighted by Gasteiger charge is -2.39. The largest absolute Gasteiger partial charge is 0.396 e. The monoisotopic (exact) mass is 172 g/mol. The quantitative estimate of drug-likeness (QED) is 0.653. The van der Waals surface area contributed by atoms with Crippen LogP contribution >= 0.6 is 0 Å². The first-order valence-corrected chi connectivity index (χ1v) is 4.78. The van der Waals surface area contributed by atoms with E-state index in [1.165, 1.54) is 0 Å². The van der Waals surface area contributed by atoms with Gasteiger partial charge in [-0.3, -0.25) is 0 Å². The van der Waals surface area contributed by atoms with Crippen LogP contribution < -0.4 is 0 Å². The summed E-state index contributed by atoms with van der Waals surface area (Å²) >= 11 is 0. The molecule has 2 heteroatoms. The van der Waals surface area contributed by atoms with Crippen LogP contribution in [0.1, 0.15) is 33.6 Å². The first-order chi connectivity index (χ1) is 5.55. The average molecular weight is 172 g/mol. The smallest absolute Gasteiger partial charge is 0.0673 e. The number of rotatable bonds is 1. The van der Waals surface area contributed by atoms with Crippen molar-refractivity contribution in [1.29, 1.82) is 0 Å². The molecule has 0 bridgehead atoms. The Morgan fingerprint density at radius 2 is 2.08 bits per heavy atom. The third-order valence-electron chi connectivity index (χ3n) is 2.53. The van der Waals surface area contributed by atoms with E-state index in [-0.39, 0.29) is 18.1 Å². The molecule has 0 aromatic carbocycles. The molecule has 72 valence electrons. The van der Waals surface area contributed by atoms with Gasteiger partial charge in [0.1, 0.15) is 0 Å². The number of aliphatic hydroxyl groups is 1. The van der Waals surface area contributed by atoms with E-state index in [2.05, 4.69) is 20.8 Å². The van der Waals surface area contributed by atoms with E-state index >= 15 is 0 Å². The fourth-order valence-electron chi connectivity index (χ4n) is 1.99. The van der Waals surface area contributed by atoms with Crippen molar-refractivity contribution in [3.05, 3.63) is 0 Å². The summed E-state index contributed by atoms with van der Waals surface area (Å²) < 4.78 is 5.69. The van der Waals surface area contributed by atoms with Crippen molar-refractivity contribution in [1.82, 2.24) is 0 Å². The minimum absolute atomic E-state index is 0.161. The molecule has 0 aliphatic carbocycles. The van der Waals surface area contributed by atoms with Gasteiger partial charge in [0, 0.05) is 19.1 Å². The second-order valence-electron chi connectivity index (χ2n) is 4.74. The number of ether oxygens (including phenoxy) is 1. The number of hydrogen-bond donors (Lipinski definition) is 1. The fourth-order valence-corrected chi connectivity index (χ4v) is 1.99. The summed E-state index contributed by atoms with van der Waals surface area (Å²) in [6.45, 7) is 7.64. The predicted molar refractivity (Wildman–Crippen MR) is 49.0 cm³/mol. The Balaban J connectivity index is 2.59. The molecule has 0 spiro atoms. The van der Waals surface area contributed by atoms with E-state index in [1.807, 2.05) is 0 Å². The van der Waals surface area contributed by atoms with E-state index in [0.717, 1.165) is 19.4 Å². The molecule has 0 radical (unpaired) electrons. The maximum atomic E-state index is 9.14. The SMILES string of the molecule is CC(C)(C)C1OCCCC1CO. The molecule has 0 saturated carbocycles. The van der Waals surface area contributed by atoms with E-state index < -0.39 is 0 Å². The summed E-state index contributed by atoms with van der Waals surface area (Å²) in [7, 11) is 0. The molecule has 1 N–H and O–H groups in total. The molecule has 2 nitrogen and oxygen atoms in total. The lowest BCUT2D eigenvalue weighted by Crippen LogP contribution is -2.41. The van der Waals surface area contributed by atoms with Gasteiger partial charge in [-0.25, -0.2) is 0 Å². The molecular weight excluding hydrogens is 152 g/mol. The number of aliphatic hydroxyl groups excluding tert-OH is 1. The van der Waals surface area contributed by atoms with E-state index in [1.54, 1.807) is 0 Å². The molecule has 2 unspecified atom stereocenters. The maximum absolute atomic E-state index is 9.14. The van der Waals surface area contributed by atoms with Crippen molar-refractivity contribution in [2.45, 2.75) is 39.7 Å². The van der Waals surface area contributed by atoms with Crippen LogP contribution in [0.5, 0.6) is 0 Å². The summed E-state index contributed by atoms with van der Waals surface area (Å²) in [5, 5.41) is 9.14. The van der Waals surface area contributed by atoms with Crippen molar-refractivity contribution >= 4 is 0 Å². The molecule has 1 heterocycles. The highest BCUT2D eigenvalue weighted by atomic mass is 16.5. The minimum atomic E-state index is 0.161. The summed E-state index contributed by atoms with van der Waals surface area (Å²) in [5.74, 6) is 0.346. The molecule has 0 aromatic rings. The Morgan fingerprint density at radius 1 is 1.42 bits per heavy atom.